The molecule has 1 aliphatic rings. The minimum absolute atomic E-state index is 0.158. The van der Waals surface area contributed by atoms with Crippen LogP contribution in [0, 0.1) is 5.82 Å². The molecule has 5 nitrogen and oxygen atoms in total. The van der Waals surface area contributed by atoms with E-state index in [4.69, 9.17) is 4.74 Å². The normalized spacial score (nSPS) is 14.2. The molecule has 0 radical (unpaired) electrons. The standard InChI is InChI=1S/C26H27FN2O3/c27-24-18-22(10-11-25(24)32-15-14-29-12-2-1-3-13-29)28-26(31)21-8-4-6-19(16-21)20-7-5-9-23(30)17-20/h4-11,16-18,30H,1-3,12-15H2,(H,28,31). The van der Waals surface area contributed by atoms with Gasteiger partial charge < -0.3 is 15.2 Å². The van der Waals surface area contributed by atoms with Crippen molar-refractivity contribution in [1.82, 2.24) is 4.90 Å². The molecule has 1 aliphatic heterocycles. The number of phenols is 1. The van der Waals surface area contributed by atoms with Crippen molar-refractivity contribution < 1.29 is 19.0 Å². The summed E-state index contributed by atoms with van der Waals surface area (Å²) in [5.74, 6) is -0.503. The van der Waals surface area contributed by atoms with E-state index in [1.165, 1.54) is 25.3 Å². The van der Waals surface area contributed by atoms with Gasteiger partial charge in [-0.05, 0) is 73.5 Å². The molecule has 166 valence electrons. The number of phenolic OH excluding ortho intramolecular Hbond substituents is 1. The first-order valence-electron chi connectivity index (χ1n) is 10.9. The molecule has 1 saturated heterocycles. The van der Waals surface area contributed by atoms with E-state index in [-0.39, 0.29) is 17.4 Å². The second kappa shape index (κ2) is 10.3. The number of carbonyl (C=O) groups excluding carboxylic acids is 1. The number of hydrogen-bond acceptors (Lipinski definition) is 4. The second-order valence-corrected chi connectivity index (χ2v) is 7.98. The van der Waals surface area contributed by atoms with Gasteiger partial charge in [0.15, 0.2) is 11.6 Å². The summed E-state index contributed by atoms with van der Waals surface area (Å²) >= 11 is 0. The number of ether oxygens (including phenoxy) is 1. The van der Waals surface area contributed by atoms with Crippen LogP contribution >= 0.6 is 0 Å². The smallest absolute Gasteiger partial charge is 0.255 e. The Kier molecular flexibility index (Phi) is 7.02. The number of piperidine rings is 1. The first-order valence-corrected chi connectivity index (χ1v) is 10.9. The number of carbonyl (C=O) groups is 1. The highest BCUT2D eigenvalue weighted by Gasteiger charge is 2.12. The molecule has 1 heterocycles. The third kappa shape index (κ3) is 5.65. The largest absolute Gasteiger partial charge is 0.508 e. The quantitative estimate of drug-likeness (QED) is 0.529. The minimum Gasteiger partial charge on any atom is -0.508 e. The van der Waals surface area contributed by atoms with Gasteiger partial charge in [-0.1, -0.05) is 30.7 Å². The van der Waals surface area contributed by atoms with Crippen LogP contribution in [0.5, 0.6) is 11.5 Å². The lowest BCUT2D eigenvalue weighted by Gasteiger charge is -2.26. The predicted octanol–water partition coefficient (Wildman–Crippen LogP) is 5.32. The molecule has 0 atom stereocenters. The van der Waals surface area contributed by atoms with E-state index in [9.17, 15) is 14.3 Å². The number of nitrogens with one attached hydrogen (secondary N) is 1. The van der Waals surface area contributed by atoms with E-state index in [2.05, 4.69) is 10.2 Å². The number of amides is 1. The third-order valence-corrected chi connectivity index (χ3v) is 5.61. The highest BCUT2D eigenvalue weighted by Crippen LogP contribution is 2.25. The van der Waals surface area contributed by atoms with Crippen LogP contribution in [0.1, 0.15) is 29.6 Å². The van der Waals surface area contributed by atoms with Crippen molar-refractivity contribution in [3.05, 3.63) is 78.1 Å². The number of benzene rings is 3. The molecule has 0 unspecified atom stereocenters. The van der Waals surface area contributed by atoms with E-state index in [0.29, 0.717) is 17.9 Å². The van der Waals surface area contributed by atoms with E-state index in [1.54, 1.807) is 48.5 Å². The van der Waals surface area contributed by atoms with Gasteiger partial charge in [-0.25, -0.2) is 4.39 Å². The Labute approximate surface area is 187 Å². The van der Waals surface area contributed by atoms with Gasteiger partial charge in [0, 0.05) is 23.9 Å². The van der Waals surface area contributed by atoms with Crippen LogP contribution in [-0.4, -0.2) is 42.2 Å². The Balaban J connectivity index is 1.37. The Morgan fingerprint density at radius 2 is 1.72 bits per heavy atom. The summed E-state index contributed by atoms with van der Waals surface area (Å²) in [6.45, 7) is 3.37. The summed E-state index contributed by atoms with van der Waals surface area (Å²) in [6.07, 6.45) is 3.69. The molecule has 2 N–H and O–H groups in total. The maximum Gasteiger partial charge on any atom is 0.255 e. The monoisotopic (exact) mass is 434 g/mol. The van der Waals surface area contributed by atoms with Gasteiger partial charge in [0.1, 0.15) is 12.4 Å². The molecule has 32 heavy (non-hydrogen) atoms. The molecule has 0 bridgehead atoms. The Morgan fingerprint density at radius 3 is 2.47 bits per heavy atom. The van der Waals surface area contributed by atoms with Crippen LogP contribution in [0.2, 0.25) is 0 Å². The predicted molar refractivity (Wildman–Crippen MR) is 124 cm³/mol. The Hall–Kier alpha value is -3.38. The molecule has 1 amide bonds. The molecule has 0 aliphatic carbocycles. The summed E-state index contributed by atoms with van der Waals surface area (Å²) in [7, 11) is 0. The maximum atomic E-state index is 14.5. The van der Waals surface area contributed by atoms with Crippen molar-refractivity contribution in [2.75, 3.05) is 31.6 Å². The number of hydrogen-bond donors (Lipinski definition) is 2. The van der Waals surface area contributed by atoms with Crippen molar-refractivity contribution in [2.45, 2.75) is 19.3 Å². The zero-order valence-electron chi connectivity index (χ0n) is 17.9. The van der Waals surface area contributed by atoms with Crippen LogP contribution in [0.3, 0.4) is 0 Å². The van der Waals surface area contributed by atoms with Crippen LogP contribution < -0.4 is 10.1 Å². The molecule has 0 spiro atoms. The van der Waals surface area contributed by atoms with Gasteiger partial charge in [-0.15, -0.1) is 0 Å². The van der Waals surface area contributed by atoms with Gasteiger partial charge in [0.25, 0.3) is 5.91 Å². The van der Waals surface area contributed by atoms with Gasteiger partial charge in [-0.2, -0.15) is 0 Å². The first-order chi connectivity index (χ1) is 15.6. The molecule has 1 fully saturated rings. The molecule has 6 heteroatoms. The van der Waals surface area contributed by atoms with Gasteiger partial charge >= 0.3 is 0 Å². The summed E-state index contributed by atoms with van der Waals surface area (Å²) in [6, 6.07) is 18.3. The summed E-state index contributed by atoms with van der Waals surface area (Å²) < 4.78 is 20.1. The summed E-state index contributed by atoms with van der Waals surface area (Å²) in [5.41, 5.74) is 2.40. The fourth-order valence-corrected chi connectivity index (χ4v) is 3.89. The zero-order chi connectivity index (χ0) is 22.3. The van der Waals surface area contributed by atoms with Crippen LogP contribution in [-0.2, 0) is 0 Å². The molecular formula is C26H27FN2O3. The number of rotatable bonds is 7. The van der Waals surface area contributed by atoms with Gasteiger partial charge in [0.2, 0.25) is 0 Å². The van der Waals surface area contributed by atoms with Crippen molar-refractivity contribution in [2.24, 2.45) is 0 Å². The number of halogens is 1. The fourth-order valence-electron chi connectivity index (χ4n) is 3.89. The van der Waals surface area contributed by atoms with Crippen molar-refractivity contribution in [3.63, 3.8) is 0 Å². The SMILES string of the molecule is O=C(Nc1ccc(OCCN2CCCCC2)c(F)c1)c1cccc(-c2cccc(O)c2)c1. The Morgan fingerprint density at radius 1 is 0.969 bits per heavy atom. The van der Waals surface area contributed by atoms with Gasteiger partial charge in [-0.3, -0.25) is 9.69 Å². The molecule has 4 rings (SSSR count). The maximum absolute atomic E-state index is 14.5. The zero-order valence-corrected chi connectivity index (χ0v) is 17.9. The van der Waals surface area contributed by atoms with Crippen LogP contribution in [0.25, 0.3) is 11.1 Å². The molecule has 3 aromatic rings. The molecule has 0 saturated carbocycles. The van der Waals surface area contributed by atoms with Crippen LogP contribution in [0.4, 0.5) is 10.1 Å². The van der Waals surface area contributed by atoms with E-state index in [1.807, 2.05) is 12.1 Å². The lowest BCUT2D eigenvalue weighted by atomic mass is 10.0. The average Bonchev–Trinajstić information content (AvgIpc) is 2.81. The van der Waals surface area contributed by atoms with E-state index >= 15 is 0 Å². The Bertz CT molecular complexity index is 1080. The number of aromatic hydroxyl groups is 1. The van der Waals surface area contributed by atoms with Crippen LogP contribution in [0.15, 0.2) is 66.7 Å². The minimum atomic E-state index is -0.505. The van der Waals surface area contributed by atoms with Gasteiger partial charge in [0.05, 0.1) is 0 Å². The third-order valence-electron chi connectivity index (χ3n) is 5.61. The summed E-state index contributed by atoms with van der Waals surface area (Å²) in [4.78, 5) is 15.0. The number of anilines is 1. The van der Waals surface area contributed by atoms with E-state index < -0.39 is 5.82 Å². The first kappa shape index (κ1) is 21.8. The van der Waals surface area contributed by atoms with Crippen molar-refractivity contribution >= 4 is 11.6 Å². The highest BCUT2D eigenvalue weighted by atomic mass is 19.1. The van der Waals surface area contributed by atoms with Crippen molar-refractivity contribution in [1.29, 1.82) is 0 Å². The molecule has 0 aromatic heterocycles. The molecular weight excluding hydrogens is 407 g/mol. The van der Waals surface area contributed by atoms with Crippen molar-refractivity contribution in [3.8, 4) is 22.6 Å². The fraction of sp³-hybridized carbons (Fsp3) is 0.269. The topological polar surface area (TPSA) is 61.8 Å². The molecule has 3 aromatic carbocycles. The van der Waals surface area contributed by atoms with E-state index in [0.717, 1.165) is 30.8 Å². The number of nitrogens with zero attached hydrogens (tertiary/aromatic N) is 1. The lowest BCUT2D eigenvalue weighted by molar-refractivity contribution is 0.102. The number of likely N-dealkylation sites (tertiary alicyclic amines) is 1. The second-order valence-electron chi connectivity index (χ2n) is 7.98. The summed E-state index contributed by atoms with van der Waals surface area (Å²) in [5, 5.41) is 12.4. The average molecular weight is 435 g/mol. The highest BCUT2D eigenvalue weighted by molar-refractivity contribution is 6.05. The lowest BCUT2D eigenvalue weighted by Crippen LogP contribution is -2.33.